The van der Waals surface area contributed by atoms with Gasteiger partial charge in [0, 0.05) is 18.7 Å². The van der Waals surface area contributed by atoms with Crippen molar-refractivity contribution in [3.8, 4) is 5.75 Å². The molecule has 1 rings (SSSR count). The largest absolute Gasteiger partial charge is 0.496 e. The summed E-state index contributed by atoms with van der Waals surface area (Å²) in [7, 11) is 1.61. The van der Waals surface area contributed by atoms with Gasteiger partial charge in [0.05, 0.1) is 13.5 Å². The van der Waals surface area contributed by atoms with E-state index in [0.29, 0.717) is 13.0 Å². The lowest BCUT2D eigenvalue weighted by Crippen LogP contribution is -2.32. The number of nitrogens with one attached hydrogen (secondary N) is 2. The van der Waals surface area contributed by atoms with E-state index in [1.54, 1.807) is 7.11 Å². The summed E-state index contributed by atoms with van der Waals surface area (Å²) in [6.45, 7) is 4.41. The number of halogens is 1. The van der Waals surface area contributed by atoms with Crippen LogP contribution in [0.2, 0.25) is 0 Å². The molecule has 1 aromatic rings. The molecular weight excluding hydrogens is 252 g/mol. The average Bonchev–Trinajstić information content (AvgIpc) is 2.35. The number of rotatable bonds is 7. The fourth-order valence-corrected chi connectivity index (χ4v) is 1.55. The maximum absolute atomic E-state index is 11.6. The number of amides is 1. The van der Waals surface area contributed by atoms with E-state index in [1.165, 1.54) is 0 Å². The van der Waals surface area contributed by atoms with Crippen molar-refractivity contribution < 1.29 is 9.53 Å². The summed E-state index contributed by atoms with van der Waals surface area (Å²) in [6, 6.07) is 7.57. The van der Waals surface area contributed by atoms with Gasteiger partial charge in [-0.15, -0.1) is 12.4 Å². The summed E-state index contributed by atoms with van der Waals surface area (Å²) in [5.74, 6) is 0.779. The lowest BCUT2D eigenvalue weighted by molar-refractivity contribution is -0.120. The van der Waals surface area contributed by atoms with Gasteiger partial charge >= 0.3 is 0 Å². The summed E-state index contributed by atoms with van der Waals surface area (Å²) in [4.78, 5) is 11.6. The highest BCUT2D eigenvalue weighted by Crippen LogP contribution is 2.17. The van der Waals surface area contributed by atoms with Crippen molar-refractivity contribution in [3.63, 3.8) is 0 Å². The highest BCUT2D eigenvalue weighted by atomic mass is 35.5. The van der Waals surface area contributed by atoms with E-state index in [0.717, 1.165) is 24.4 Å². The Bertz CT molecular complexity index is 359. The minimum absolute atomic E-state index is 0. The number of hydrogen-bond acceptors (Lipinski definition) is 3. The first kappa shape index (κ1) is 16.7. The quantitative estimate of drug-likeness (QED) is 0.738. The zero-order valence-corrected chi connectivity index (χ0v) is 11.7. The highest BCUT2D eigenvalue weighted by Gasteiger charge is 2.06. The molecule has 102 valence electrons. The Kier molecular flexibility index (Phi) is 9.06. The van der Waals surface area contributed by atoms with E-state index in [1.807, 2.05) is 31.2 Å². The smallest absolute Gasteiger partial charge is 0.224 e. The Morgan fingerprint density at radius 1 is 1.28 bits per heavy atom. The predicted octanol–water partition coefficient (Wildman–Crippen LogP) is 1.39. The molecule has 0 aliphatic carbocycles. The molecule has 0 fully saturated rings. The van der Waals surface area contributed by atoms with E-state index in [-0.39, 0.29) is 18.3 Å². The lowest BCUT2D eigenvalue weighted by Gasteiger charge is -2.08. The number of hydrogen-bond donors (Lipinski definition) is 2. The van der Waals surface area contributed by atoms with Gasteiger partial charge in [-0.05, 0) is 12.6 Å². The van der Waals surface area contributed by atoms with E-state index < -0.39 is 0 Å². The van der Waals surface area contributed by atoms with Crippen LogP contribution in [0.25, 0.3) is 0 Å². The Hall–Kier alpha value is -1.26. The average molecular weight is 273 g/mol. The molecule has 18 heavy (non-hydrogen) atoms. The third-order valence-corrected chi connectivity index (χ3v) is 2.42. The molecule has 0 unspecified atom stereocenters. The van der Waals surface area contributed by atoms with Gasteiger partial charge in [-0.2, -0.15) is 0 Å². The van der Waals surface area contributed by atoms with Gasteiger partial charge in [-0.1, -0.05) is 25.1 Å². The molecule has 1 amide bonds. The number of carbonyl (C=O) groups excluding carboxylic acids is 1. The van der Waals surface area contributed by atoms with Crippen molar-refractivity contribution >= 4 is 18.3 Å². The van der Waals surface area contributed by atoms with E-state index in [2.05, 4.69) is 10.6 Å². The third-order valence-electron chi connectivity index (χ3n) is 2.42. The van der Waals surface area contributed by atoms with Crippen LogP contribution >= 0.6 is 12.4 Å². The molecule has 0 radical (unpaired) electrons. The standard InChI is InChI=1S/C13H20N2O2.ClH/c1-3-14-8-9-15-13(16)10-11-6-4-5-7-12(11)17-2;/h4-7,14H,3,8-10H2,1-2H3,(H,15,16);1H. The first-order chi connectivity index (χ1) is 8.27. The molecule has 5 heteroatoms. The summed E-state index contributed by atoms with van der Waals surface area (Å²) in [5.41, 5.74) is 0.913. The maximum atomic E-state index is 11.6. The summed E-state index contributed by atoms with van der Waals surface area (Å²) < 4.78 is 5.20. The second-order valence-corrected chi connectivity index (χ2v) is 3.69. The molecule has 0 heterocycles. The first-order valence-electron chi connectivity index (χ1n) is 5.87. The first-order valence-corrected chi connectivity index (χ1v) is 5.87. The van der Waals surface area contributed by atoms with Crippen molar-refractivity contribution in [1.29, 1.82) is 0 Å². The fourth-order valence-electron chi connectivity index (χ4n) is 1.55. The summed E-state index contributed by atoms with van der Waals surface area (Å²) in [5, 5.41) is 6.01. The Morgan fingerprint density at radius 3 is 2.67 bits per heavy atom. The van der Waals surface area contributed by atoms with Crippen LogP contribution < -0.4 is 15.4 Å². The number of carbonyl (C=O) groups is 1. The van der Waals surface area contributed by atoms with Crippen LogP contribution in [0.15, 0.2) is 24.3 Å². The van der Waals surface area contributed by atoms with Gasteiger partial charge in [-0.3, -0.25) is 4.79 Å². The van der Waals surface area contributed by atoms with Crippen molar-refractivity contribution in [1.82, 2.24) is 10.6 Å². The molecular formula is C13H21ClN2O2. The van der Waals surface area contributed by atoms with Crippen LogP contribution in [0, 0.1) is 0 Å². The third kappa shape index (κ3) is 5.89. The molecule has 1 aromatic carbocycles. The van der Waals surface area contributed by atoms with Gasteiger partial charge in [0.15, 0.2) is 0 Å². The minimum Gasteiger partial charge on any atom is -0.496 e. The van der Waals surface area contributed by atoms with Crippen molar-refractivity contribution in [2.75, 3.05) is 26.7 Å². The molecule has 0 bridgehead atoms. The number of para-hydroxylation sites is 1. The molecule has 0 atom stereocenters. The van der Waals surface area contributed by atoms with Crippen LogP contribution in [0.5, 0.6) is 5.75 Å². The molecule has 0 saturated heterocycles. The van der Waals surface area contributed by atoms with Gasteiger partial charge in [0.2, 0.25) is 5.91 Å². The topological polar surface area (TPSA) is 50.4 Å². The SMILES string of the molecule is CCNCCNC(=O)Cc1ccccc1OC.Cl. The normalized spacial score (nSPS) is 9.44. The highest BCUT2D eigenvalue weighted by molar-refractivity contribution is 5.85. The second-order valence-electron chi connectivity index (χ2n) is 3.69. The van der Waals surface area contributed by atoms with Gasteiger partial charge in [0.1, 0.15) is 5.75 Å². The fraction of sp³-hybridized carbons (Fsp3) is 0.462. The van der Waals surface area contributed by atoms with Gasteiger partial charge < -0.3 is 15.4 Å². The van der Waals surface area contributed by atoms with E-state index in [9.17, 15) is 4.79 Å². The Labute approximate surface area is 115 Å². The van der Waals surface area contributed by atoms with Crippen LogP contribution in [0.1, 0.15) is 12.5 Å². The molecule has 2 N–H and O–H groups in total. The molecule has 4 nitrogen and oxygen atoms in total. The van der Waals surface area contributed by atoms with Gasteiger partial charge in [0.25, 0.3) is 0 Å². The van der Waals surface area contributed by atoms with Crippen molar-refractivity contribution in [3.05, 3.63) is 29.8 Å². The van der Waals surface area contributed by atoms with Crippen LogP contribution in [-0.2, 0) is 11.2 Å². The molecule has 0 spiro atoms. The molecule has 0 aromatic heterocycles. The van der Waals surface area contributed by atoms with Crippen molar-refractivity contribution in [2.45, 2.75) is 13.3 Å². The lowest BCUT2D eigenvalue weighted by atomic mass is 10.1. The molecule has 0 aliphatic heterocycles. The maximum Gasteiger partial charge on any atom is 0.224 e. The summed E-state index contributed by atoms with van der Waals surface area (Å²) in [6.07, 6.45) is 0.357. The Morgan fingerprint density at radius 2 is 2.00 bits per heavy atom. The van der Waals surface area contributed by atoms with E-state index >= 15 is 0 Å². The monoisotopic (exact) mass is 272 g/mol. The number of likely N-dealkylation sites (N-methyl/N-ethyl adjacent to an activating group) is 1. The summed E-state index contributed by atoms with van der Waals surface area (Å²) >= 11 is 0. The number of methoxy groups -OCH3 is 1. The zero-order chi connectivity index (χ0) is 12.5. The van der Waals surface area contributed by atoms with Crippen LogP contribution in [0.3, 0.4) is 0 Å². The van der Waals surface area contributed by atoms with Crippen LogP contribution in [0.4, 0.5) is 0 Å². The zero-order valence-electron chi connectivity index (χ0n) is 10.9. The van der Waals surface area contributed by atoms with Gasteiger partial charge in [-0.25, -0.2) is 0 Å². The predicted molar refractivity (Wildman–Crippen MR) is 75.5 cm³/mol. The van der Waals surface area contributed by atoms with Crippen molar-refractivity contribution in [2.24, 2.45) is 0 Å². The molecule has 0 aliphatic rings. The minimum atomic E-state index is 0. The van der Waals surface area contributed by atoms with E-state index in [4.69, 9.17) is 4.74 Å². The number of ether oxygens (including phenoxy) is 1. The molecule has 0 saturated carbocycles. The van der Waals surface area contributed by atoms with Crippen LogP contribution in [-0.4, -0.2) is 32.7 Å². The second kappa shape index (κ2) is 9.74. The number of benzene rings is 1. The Balaban J connectivity index is 0.00000289.